The Morgan fingerprint density at radius 2 is 2.33 bits per heavy atom. The Balaban J connectivity index is 2.89. The van der Waals surface area contributed by atoms with E-state index in [2.05, 4.69) is 9.97 Å². The van der Waals surface area contributed by atoms with E-state index in [-0.39, 0.29) is 5.82 Å². The van der Waals surface area contributed by atoms with E-state index >= 15 is 0 Å². The average molecular weight is 203 g/mol. The Morgan fingerprint density at radius 3 is 3.08 bits per heavy atom. The van der Waals surface area contributed by atoms with Gasteiger partial charge in [-0.2, -0.15) is 0 Å². The monoisotopic (exact) mass is 202 g/mol. The third-order valence-corrected chi connectivity index (χ3v) is 2.85. The Hall–Kier alpha value is -0.740. The molecule has 0 radical (unpaired) electrons. The first-order chi connectivity index (χ1) is 5.68. The number of aryl methyl sites for hydroxylation is 1. The van der Waals surface area contributed by atoms with Crippen molar-refractivity contribution in [3.63, 3.8) is 0 Å². The molecule has 0 saturated carbocycles. The van der Waals surface area contributed by atoms with Crippen LogP contribution in [-0.4, -0.2) is 9.97 Å². The molecule has 62 valence electrons. The van der Waals surface area contributed by atoms with E-state index in [1.807, 2.05) is 0 Å². The van der Waals surface area contributed by atoms with E-state index in [9.17, 15) is 4.39 Å². The molecular formula is C7H4ClFN2S. The molecular weight excluding hydrogens is 199 g/mol. The molecule has 12 heavy (non-hydrogen) atoms. The summed E-state index contributed by atoms with van der Waals surface area (Å²) in [5.41, 5.74) is 1.08. The van der Waals surface area contributed by atoms with E-state index in [4.69, 9.17) is 11.6 Å². The fourth-order valence-electron chi connectivity index (χ4n) is 0.942. The topological polar surface area (TPSA) is 25.8 Å². The highest BCUT2D eigenvalue weighted by molar-refractivity contribution is 7.22. The first-order valence-electron chi connectivity index (χ1n) is 3.25. The van der Waals surface area contributed by atoms with Crippen molar-refractivity contribution in [2.45, 2.75) is 6.92 Å². The van der Waals surface area contributed by atoms with E-state index in [0.717, 1.165) is 10.9 Å². The number of rotatable bonds is 0. The van der Waals surface area contributed by atoms with Crippen molar-refractivity contribution in [2.75, 3.05) is 0 Å². The summed E-state index contributed by atoms with van der Waals surface area (Å²) in [6.45, 7) is 1.69. The fourth-order valence-corrected chi connectivity index (χ4v) is 1.99. The number of nitrogens with zero attached hydrogens (tertiary/aromatic N) is 2. The molecule has 0 aliphatic rings. The molecule has 0 atom stereocenters. The van der Waals surface area contributed by atoms with Gasteiger partial charge in [0, 0.05) is 5.56 Å². The zero-order valence-electron chi connectivity index (χ0n) is 6.14. The smallest absolute Gasteiger partial charge is 0.186 e. The third kappa shape index (κ3) is 1.07. The van der Waals surface area contributed by atoms with Gasteiger partial charge in [0.05, 0.1) is 10.9 Å². The highest BCUT2D eigenvalue weighted by Crippen LogP contribution is 2.27. The predicted molar refractivity (Wildman–Crippen MR) is 47.1 cm³/mol. The lowest BCUT2D eigenvalue weighted by Gasteiger charge is -1.93. The van der Waals surface area contributed by atoms with Gasteiger partial charge < -0.3 is 0 Å². The van der Waals surface area contributed by atoms with E-state index in [1.165, 1.54) is 11.3 Å². The molecule has 0 spiro atoms. The molecule has 0 fully saturated rings. The van der Waals surface area contributed by atoms with Crippen molar-refractivity contribution in [1.29, 1.82) is 0 Å². The fraction of sp³-hybridized carbons (Fsp3) is 0.143. The molecule has 2 aromatic rings. The lowest BCUT2D eigenvalue weighted by molar-refractivity contribution is 0.615. The quantitative estimate of drug-likeness (QED) is 0.657. The first-order valence-corrected chi connectivity index (χ1v) is 4.45. The number of hydrogen-bond donors (Lipinski definition) is 0. The molecule has 0 saturated heterocycles. The molecule has 0 aliphatic carbocycles. The minimum atomic E-state index is -0.317. The SMILES string of the molecule is Cc1c(F)cnc2nc(Cl)sc12. The molecule has 0 aliphatic heterocycles. The van der Waals surface area contributed by atoms with E-state index in [1.54, 1.807) is 6.92 Å². The normalized spacial score (nSPS) is 10.9. The van der Waals surface area contributed by atoms with Gasteiger partial charge in [0.25, 0.3) is 0 Å². The van der Waals surface area contributed by atoms with Gasteiger partial charge >= 0.3 is 0 Å². The molecule has 0 N–H and O–H groups in total. The third-order valence-electron chi connectivity index (χ3n) is 1.58. The second kappa shape index (κ2) is 2.64. The summed E-state index contributed by atoms with van der Waals surface area (Å²) < 4.78 is 14.0. The summed E-state index contributed by atoms with van der Waals surface area (Å²) >= 11 is 6.90. The summed E-state index contributed by atoms with van der Waals surface area (Å²) in [5.74, 6) is -0.317. The maximum atomic E-state index is 12.9. The molecule has 0 aromatic carbocycles. The second-order valence-corrected chi connectivity index (χ2v) is 3.93. The van der Waals surface area contributed by atoms with Gasteiger partial charge in [0.1, 0.15) is 5.82 Å². The summed E-state index contributed by atoms with van der Waals surface area (Å²) in [7, 11) is 0. The van der Waals surface area contributed by atoms with Crippen LogP contribution in [0.5, 0.6) is 0 Å². The standard InChI is InChI=1S/C7H4ClFN2S/c1-3-4(9)2-10-6-5(3)12-7(8)11-6/h2H,1H3. The Bertz CT molecular complexity index is 440. The molecule has 2 heterocycles. The molecule has 2 aromatic heterocycles. The first kappa shape index (κ1) is 7.89. The minimum absolute atomic E-state index is 0.317. The van der Waals surface area contributed by atoms with Gasteiger partial charge in [-0.1, -0.05) is 11.6 Å². The Kier molecular flexibility index (Phi) is 1.73. The van der Waals surface area contributed by atoms with Crippen LogP contribution >= 0.6 is 22.9 Å². The number of hydrogen-bond acceptors (Lipinski definition) is 3. The van der Waals surface area contributed by atoms with Gasteiger partial charge in [-0.15, -0.1) is 11.3 Å². The molecule has 2 nitrogen and oxygen atoms in total. The van der Waals surface area contributed by atoms with Crippen LogP contribution in [0.15, 0.2) is 6.20 Å². The van der Waals surface area contributed by atoms with Crippen LogP contribution in [0, 0.1) is 12.7 Å². The molecule has 0 amide bonds. The van der Waals surface area contributed by atoms with Gasteiger partial charge in [-0.05, 0) is 6.92 Å². The predicted octanol–water partition coefficient (Wildman–Crippen LogP) is 2.79. The van der Waals surface area contributed by atoms with E-state index < -0.39 is 0 Å². The van der Waals surface area contributed by atoms with Crippen molar-refractivity contribution in [2.24, 2.45) is 0 Å². The van der Waals surface area contributed by atoms with Crippen LogP contribution in [-0.2, 0) is 0 Å². The van der Waals surface area contributed by atoms with Crippen LogP contribution in [0.4, 0.5) is 4.39 Å². The number of pyridine rings is 1. The van der Waals surface area contributed by atoms with Crippen molar-refractivity contribution >= 4 is 33.3 Å². The molecule has 0 unspecified atom stereocenters. The summed E-state index contributed by atoms with van der Waals surface area (Å²) in [6, 6.07) is 0. The summed E-state index contributed by atoms with van der Waals surface area (Å²) in [5, 5.41) is 0. The minimum Gasteiger partial charge on any atom is -0.233 e. The second-order valence-electron chi connectivity index (χ2n) is 2.35. The lowest BCUT2D eigenvalue weighted by Crippen LogP contribution is -1.84. The summed E-state index contributed by atoms with van der Waals surface area (Å²) in [4.78, 5) is 7.72. The highest BCUT2D eigenvalue weighted by Gasteiger charge is 2.08. The van der Waals surface area contributed by atoms with Crippen molar-refractivity contribution in [3.05, 3.63) is 22.0 Å². The lowest BCUT2D eigenvalue weighted by atomic mass is 10.3. The number of halogens is 2. The largest absolute Gasteiger partial charge is 0.233 e. The maximum absolute atomic E-state index is 12.9. The maximum Gasteiger partial charge on any atom is 0.186 e. The zero-order valence-corrected chi connectivity index (χ0v) is 7.71. The van der Waals surface area contributed by atoms with Gasteiger partial charge in [0.2, 0.25) is 0 Å². The average Bonchev–Trinajstić information content (AvgIpc) is 2.39. The number of aromatic nitrogens is 2. The molecule has 2 rings (SSSR count). The van der Waals surface area contributed by atoms with Crippen molar-refractivity contribution in [1.82, 2.24) is 9.97 Å². The molecule has 0 bridgehead atoms. The van der Waals surface area contributed by atoms with Gasteiger partial charge in [0.15, 0.2) is 10.1 Å². The van der Waals surface area contributed by atoms with Gasteiger partial charge in [-0.25, -0.2) is 14.4 Å². The Labute approximate surface area is 77.0 Å². The van der Waals surface area contributed by atoms with Crippen LogP contribution in [0.3, 0.4) is 0 Å². The number of thiazole rings is 1. The van der Waals surface area contributed by atoms with Crippen LogP contribution in [0.2, 0.25) is 4.47 Å². The van der Waals surface area contributed by atoms with E-state index in [0.29, 0.717) is 15.7 Å². The zero-order chi connectivity index (χ0) is 8.72. The van der Waals surface area contributed by atoms with Crippen molar-refractivity contribution in [3.8, 4) is 0 Å². The Morgan fingerprint density at radius 1 is 1.58 bits per heavy atom. The number of fused-ring (bicyclic) bond motifs is 1. The van der Waals surface area contributed by atoms with Crippen LogP contribution in [0.1, 0.15) is 5.56 Å². The van der Waals surface area contributed by atoms with Crippen LogP contribution < -0.4 is 0 Å². The van der Waals surface area contributed by atoms with Crippen LogP contribution in [0.25, 0.3) is 10.3 Å². The molecule has 5 heteroatoms. The van der Waals surface area contributed by atoms with Crippen molar-refractivity contribution < 1.29 is 4.39 Å². The highest BCUT2D eigenvalue weighted by atomic mass is 35.5. The summed E-state index contributed by atoms with van der Waals surface area (Å²) in [6.07, 6.45) is 1.16. The van der Waals surface area contributed by atoms with Gasteiger partial charge in [-0.3, -0.25) is 0 Å².